The van der Waals surface area contributed by atoms with Crippen LogP contribution in [0.25, 0.3) is 0 Å². The van der Waals surface area contributed by atoms with Gasteiger partial charge in [-0.2, -0.15) is 5.26 Å². The Labute approximate surface area is 114 Å². The van der Waals surface area contributed by atoms with Gasteiger partial charge >= 0.3 is 0 Å². The number of hydrogen-bond acceptors (Lipinski definition) is 3. The van der Waals surface area contributed by atoms with Gasteiger partial charge in [0.15, 0.2) is 0 Å². The molecular formula is C15H19N3O. The van der Waals surface area contributed by atoms with Crippen LogP contribution in [0.4, 0.5) is 5.69 Å². The van der Waals surface area contributed by atoms with Crippen molar-refractivity contribution in [3.63, 3.8) is 0 Å². The second-order valence-corrected chi connectivity index (χ2v) is 4.82. The lowest BCUT2D eigenvalue weighted by molar-refractivity contribution is -0.117. The van der Waals surface area contributed by atoms with Crippen LogP contribution in [0.5, 0.6) is 0 Å². The van der Waals surface area contributed by atoms with Crippen molar-refractivity contribution >= 4 is 11.6 Å². The second kappa shape index (κ2) is 6.60. The molecule has 0 spiro atoms. The van der Waals surface area contributed by atoms with E-state index in [1.807, 2.05) is 45.9 Å². The Morgan fingerprint density at radius 3 is 2.32 bits per heavy atom. The van der Waals surface area contributed by atoms with Crippen molar-refractivity contribution in [2.45, 2.75) is 33.7 Å². The summed E-state index contributed by atoms with van der Waals surface area (Å²) >= 11 is 0. The van der Waals surface area contributed by atoms with E-state index in [-0.39, 0.29) is 17.5 Å². The van der Waals surface area contributed by atoms with Gasteiger partial charge in [-0.15, -0.1) is 0 Å². The van der Waals surface area contributed by atoms with Crippen molar-refractivity contribution in [1.82, 2.24) is 5.32 Å². The van der Waals surface area contributed by atoms with E-state index >= 15 is 0 Å². The zero-order valence-electron chi connectivity index (χ0n) is 11.7. The van der Waals surface area contributed by atoms with Crippen LogP contribution >= 0.6 is 0 Å². The second-order valence-electron chi connectivity index (χ2n) is 4.82. The average Bonchev–Trinajstić information content (AvgIpc) is 2.27. The van der Waals surface area contributed by atoms with Crippen LogP contribution in [0.2, 0.25) is 0 Å². The van der Waals surface area contributed by atoms with Crippen LogP contribution in [0.1, 0.15) is 25.0 Å². The maximum Gasteiger partial charge on any atom is 0.263 e. The lowest BCUT2D eigenvalue weighted by atomic mass is 10.1. The van der Waals surface area contributed by atoms with Gasteiger partial charge in [-0.25, -0.2) is 0 Å². The summed E-state index contributed by atoms with van der Waals surface area (Å²) in [5.74, 6) is -0.366. The van der Waals surface area contributed by atoms with Crippen molar-refractivity contribution < 1.29 is 4.79 Å². The smallest absolute Gasteiger partial charge is 0.263 e. The van der Waals surface area contributed by atoms with Crippen molar-refractivity contribution in [3.05, 3.63) is 41.1 Å². The van der Waals surface area contributed by atoms with E-state index < -0.39 is 0 Å². The van der Waals surface area contributed by atoms with Crippen molar-refractivity contribution in [2.75, 3.05) is 5.32 Å². The molecule has 1 rings (SSSR count). The summed E-state index contributed by atoms with van der Waals surface area (Å²) in [5.41, 5.74) is 3.18. The van der Waals surface area contributed by atoms with E-state index in [0.29, 0.717) is 0 Å². The van der Waals surface area contributed by atoms with Gasteiger partial charge in [0.2, 0.25) is 0 Å². The molecule has 0 radical (unpaired) electrons. The molecule has 19 heavy (non-hydrogen) atoms. The van der Waals surface area contributed by atoms with Crippen molar-refractivity contribution in [1.29, 1.82) is 5.26 Å². The Kier molecular flexibility index (Phi) is 5.13. The number of carbonyl (C=O) groups is 1. The van der Waals surface area contributed by atoms with E-state index in [0.717, 1.165) is 16.8 Å². The first kappa shape index (κ1) is 14.8. The summed E-state index contributed by atoms with van der Waals surface area (Å²) in [7, 11) is 0. The zero-order valence-corrected chi connectivity index (χ0v) is 11.7. The molecule has 1 amide bonds. The number of anilines is 1. The summed E-state index contributed by atoms with van der Waals surface area (Å²) in [6.07, 6.45) is 1.44. The van der Waals surface area contributed by atoms with Gasteiger partial charge in [0.05, 0.1) is 0 Å². The molecule has 0 unspecified atom stereocenters. The number of benzene rings is 1. The van der Waals surface area contributed by atoms with Gasteiger partial charge in [-0.1, -0.05) is 6.07 Å². The molecule has 0 saturated heterocycles. The molecule has 1 aromatic rings. The summed E-state index contributed by atoms with van der Waals surface area (Å²) in [6.45, 7) is 7.70. The van der Waals surface area contributed by atoms with E-state index in [4.69, 9.17) is 5.26 Å². The van der Waals surface area contributed by atoms with Gasteiger partial charge < -0.3 is 10.6 Å². The zero-order chi connectivity index (χ0) is 14.4. The lowest BCUT2D eigenvalue weighted by Gasteiger charge is -2.08. The summed E-state index contributed by atoms with van der Waals surface area (Å²) < 4.78 is 0. The van der Waals surface area contributed by atoms with Crippen LogP contribution in [0.15, 0.2) is 30.0 Å². The van der Waals surface area contributed by atoms with Gasteiger partial charge in [-0.05, 0) is 51.0 Å². The van der Waals surface area contributed by atoms with Crippen LogP contribution < -0.4 is 10.6 Å². The minimum atomic E-state index is -0.366. The van der Waals surface area contributed by atoms with E-state index in [1.165, 1.54) is 6.20 Å². The molecule has 1 aromatic carbocycles. The highest BCUT2D eigenvalue weighted by molar-refractivity contribution is 5.97. The number of rotatable bonds is 4. The first-order valence-corrected chi connectivity index (χ1v) is 6.18. The average molecular weight is 257 g/mol. The van der Waals surface area contributed by atoms with Gasteiger partial charge in [0.25, 0.3) is 5.91 Å². The number of aryl methyl sites for hydroxylation is 2. The topological polar surface area (TPSA) is 64.9 Å². The number of nitrogens with zero attached hydrogens (tertiary/aromatic N) is 1. The molecule has 0 aliphatic rings. The Balaban J connectivity index is 2.83. The number of nitriles is 1. The first-order chi connectivity index (χ1) is 8.92. The van der Waals surface area contributed by atoms with Gasteiger partial charge in [0.1, 0.15) is 11.6 Å². The molecule has 100 valence electrons. The molecule has 0 saturated carbocycles. The van der Waals surface area contributed by atoms with Gasteiger partial charge in [0, 0.05) is 17.9 Å². The molecule has 0 heterocycles. The van der Waals surface area contributed by atoms with Crippen LogP contribution in [0, 0.1) is 25.2 Å². The molecule has 4 heteroatoms. The number of carbonyl (C=O) groups excluding carboxylic acids is 1. The monoisotopic (exact) mass is 257 g/mol. The standard InChI is InChI=1S/C15H19N3O/c1-10(2)18-15(19)13(8-16)9-17-14-6-11(3)5-12(4)7-14/h5-7,9-10,17H,1-4H3,(H,18,19)/b13-9-. The maximum atomic E-state index is 11.7. The molecule has 0 aliphatic carbocycles. The van der Waals surface area contributed by atoms with Crippen molar-refractivity contribution in [3.8, 4) is 6.07 Å². The maximum absolute atomic E-state index is 11.7. The highest BCUT2D eigenvalue weighted by Crippen LogP contribution is 2.14. The minimum absolute atomic E-state index is 0.00506. The molecule has 0 atom stereocenters. The van der Waals surface area contributed by atoms with E-state index in [9.17, 15) is 4.79 Å². The predicted molar refractivity (Wildman–Crippen MR) is 76.5 cm³/mol. The highest BCUT2D eigenvalue weighted by atomic mass is 16.1. The Hall–Kier alpha value is -2.28. The molecule has 2 N–H and O–H groups in total. The third-order valence-electron chi connectivity index (χ3n) is 2.39. The summed E-state index contributed by atoms with van der Waals surface area (Å²) in [5, 5.41) is 14.6. The van der Waals surface area contributed by atoms with Crippen molar-refractivity contribution in [2.24, 2.45) is 0 Å². The van der Waals surface area contributed by atoms with E-state index in [2.05, 4.69) is 16.7 Å². The quantitative estimate of drug-likeness (QED) is 0.643. The third kappa shape index (κ3) is 4.84. The SMILES string of the molecule is Cc1cc(C)cc(N/C=C(/C#N)C(=O)NC(C)C)c1. The third-order valence-corrected chi connectivity index (χ3v) is 2.39. The van der Waals surface area contributed by atoms with Crippen LogP contribution in [-0.2, 0) is 4.79 Å². The summed E-state index contributed by atoms with van der Waals surface area (Å²) in [6, 6.07) is 7.87. The fourth-order valence-corrected chi connectivity index (χ4v) is 1.70. The lowest BCUT2D eigenvalue weighted by Crippen LogP contribution is -2.31. The highest BCUT2D eigenvalue weighted by Gasteiger charge is 2.09. The minimum Gasteiger partial charge on any atom is -0.360 e. The molecule has 4 nitrogen and oxygen atoms in total. The first-order valence-electron chi connectivity index (χ1n) is 6.18. The fraction of sp³-hybridized carbons (Fsp3) is 0.333. The number of amides is 1. The fourth-order valence-electron chi connectivity index (χ4n) is 1.70. The van der Waals surface area contributed by atoms with Gasteiger partial charge in [-0.3, -0.25) is 4.79 Å². The molecular weight excluding hydrogens is 238 g/mol. The van der Waals surface area contributed by atoms with Crippen LogP contribution in [0.3, 0.4) is 0 Å². The predicted octanol–water partition coefficient (Wildman–Crippen LogP) is 2.65. The Morgan fingerprint density at radius 2 is 1.84 bits per heavy atom. The number of hydrogen-bond donors (Lipinski definition) is 2. The normalized spacial score (nSPS) is 11.1. The molecule has 0 bridgehead atoms. The molecule has 0 aromatic heterocycles. The summed E-state index contributed by atoms with van der Waals surface area (Å²) in [4.78, 5) is 11.7. The Morgan fingerprint density at radius 1 is 1.26 bits per heavy atom. The molecule has 0 aliphatic heterocycles. The molecule has 0 fully saturated rings. The Bertz CT molecular complexity index is 519. The number of nitrogens with one attached hydrogen (secondary N) is 2. The largest absolute Gasteiger partial charge is 0.360 e. The van der Waals surface area contributed by atoms with Crippen LogP contribution in [-0.4, -0.2) is 11.9 Å². The van der Waals surface area contributed by atoms with E-state index in [1.54, 1.807) is 0 Å².